The van der Waals surface area contributed by atoms with Crippen LogP contribution in [0.3, 0.4) is 0 Å². The minimum absolute atomic E-state index is 0.0900. The summed E-state index contributed by atoms with van der Waals surface area (Å²) < 4.78 is 56.3. The minimum Gasteiger partial charge on any atom is -0.476 e. The summed E-state index contributed by atoms with van der Waals surface area (Å²) in [4.78, 5) is 26.1. The molecule has 0 atom stereocenters. The lowest BCUT2D eigenvalue weighted by atomic mass is 10.1. The highest BCUT2D eigenvalue weighted by molar-refractivity contribution is 7.89. The second-order valence-corrected chi connectivity index (χ2v) is 12.0. The van der Waals surface area contributed by atoms with Crippen molar-refractivity contribution in [2.24, 2.45) is 5.92 Å². The van der Waals surface area contributed by atoms with Crippen molar-refractivity contribution in [3.05, 3.63) is 59.5 Å². The summed E-state index contributed by atoms with van der Waals surface area (Å²) >= 11 is 0. The van der Waals surface area contributed by atoms with Crippen molar-refractivity contribution < 1.29 is 37.0 Å². The highest BCUT2D eigenvalue weighted by Gasteiger charge is 2.27. The molecule has 0 bridgehead atoms. The smallest absolute Gasteiger partial charge is 0.356 e. The molecule has 0 saturated carbocycles. The molecule has 2 heterocycles. The zero-order valence-corrected chi connectivity index (χ0v) is 24.4. The van der Waals surface area contributed by atoms with Crippen LogP contribution in [0.15, 0.2) is 47.4 Å². The molecular formula is C28H34FN5O7S. The molecule has 226 valence electrons. The second-order valence-electron chi connectivity index (χ2n) is 10.2. The van der Waals surface area contributed by atoms with E-state index in [1.54, 1.807) is 0 Å². The number of amides is 1. The Bertz CT molecular complexity index is 1550. The number of sulfonamides is 1. The van der Waals surface area contributed by atoms with Crippen LogP contribution in [-0.2, 0) is 19.6 Å². The fourth-order valence-corrected chi connectivity index (χ4v) is 5.57. The number of hydrogen-bond acceptors (Lipinski definition) is 8. The monoisotopic (exact) mass is 603 g/mol. The number of carbonyl (C=O) groups is 2. The number of benzene rings is 2. The summed E-state index contributed by atoms with van der Waals surface area (Å²) in [6, 6.07) is 9.42. The average Bonchev–Trinajstić information content (AvgIpc) is 3.25. The topological polar surface area (TPSA) is 152 Å². The lowest BCUT2D eigenvalue weighted by molar-refractivity contribution is -0.116. The Kier molecular flexibility index (Phi) is 9.93. The predicted molar refractivity (Wildman–Crippen MR) is 152 cm³/mol. The first-order valence-corrected chi connectivity index (χ1v) is 14.9. The first-order valence-electron chi connectivity index (χ1n) is 13.4. The number of ether oxygens (including phenoxy) is 2. The number of hydrogen-bond donors (Lipinski definition) is 3. The molecule has 12 nitrogen and oxygen atoms in total. The van der Waals surface area contributed by atoms with E-state index in [0.717, 1.165) is 10.7 Å². The zero-order chi connectivity index (χ0) is 30.4. The maximum atomic E-state index is 14.0. The molecule has 0 unspecified atom stereocenters. The van der Waals surface area contributed by atoms with Gasteiger partial charge in [0.25, 0.3) is 0 Å². The molecule has 14 heteroatoms. The Morgan fingerprint density at radius 2 is 1.90 bits per heavy atom. The average molecular weight is 604 g/mol. The number of aromatic nitrogens is 2. The van der Waals surface area contributed by atoms with Crippen LogP contribution in [0.25, 0.3) is 5.69 Å². The standard InChI is InChI=1S/C28H34FN5O7S/c1-18(2)15-25(35)31-21-7-8-23(24(17-21)42(38,39)30-9-10-33-11-13-40-14-12-33)41-27-19(3)26(28(36)37)32-34(27)22-6-4-5-20(29)16-22/h4-8,16-18,30H,9-15H2,1-3H3,(H,31,35)(H,36,37). The zero-order valence-electron chi connectivity index (χ0n) is 23.6. The van der Waals surface area contributed by atoms with E-state index in [9.17, 15) is 27.5 Å². The summed E-state index contributed by atoms with van der Waals surface area (Å²) in [5.41, 5.74) is 0.166. The van der Waals surface area contributed by atoms with Crippen molar-refractivity contribution in [3.8, 4) is 17.3 Å². The predicted octanol–water partition coefficient (Wildman–Crippen LogP) is 3.41. The maximum Gasteiger partial charge on any atom is 0.356 e. The van der Waals surface area contributed by atoms with Crippen molar-refractivity contribution in [1.29, 1.82) is 0 Å². The van der Waals surface area contributed by atoms with Crippen molar-refractivity contribution in [1.82, 2.24) is 19.4 Å². The Hall–Kier alpha value is -3.85. The number of aromatic carboxylic acids is 1. The number of morpholine rings is 1. The van der Waals surface area contributed by atoms with Crippen LogP contribution < -0.4 is 14.8 Å². The number of halogens is 1. The van der Waals surface area contributed by atoms with Gasteiger partial charge in [-0.1, -0.05) is 19.9 Å². The molecule has 1 aliphatic heterocycles. The number of carboxylic acid groups (broad SMARTS) is 1. The van der Waals surface area contributed by atoms with Gasteiger partial charge in [0.1, 0.15) is 16.5 Å². The van der Waals surface area contributed by atoms with Crippen LogP contribution in [0.1, 0.15) is 36.3 Å². The van der Waals surface area contributed by atoms with E-state index in [2.05, 4.69) is 20.0 Å². The van der Waals surface area contributed by atoms with Gasteiger partial charge < -0.3 is 19.9 Å². The first kappa shape index (κ1) is 31.1. The number of carboxylic acids is 1. The molecule has 3 aromatic rings. The summed E-state index contributed by atoms with van der Waals surface area (Å²) in [5, 5.41) is 16.5. The third-order valence-electron chi connectivity index (χ3n) is 6.46. The Labute approximate surface area is 243 Å². The fraction of sp³-hybridized carbons (Fsp3) is 0.393. The second kappa shape index (κ2) is 13.4. The number of carbonyl (C=O) groups excluding carboxylic acids is 1. The van der Waals surface area contributed by atoms with Gasteiger partial charge in [-0.2, -0.15) is 9.78 Å². The van der Waals surface area contributed by atoms with Crippen molar-refractivity contribution in [2.45, 2.75) is 32.1 Å². The molecule has 1 saturated heterocycles. The molecular weight excluding hydrogens is 569 g/mol. The molecule has 0 aliphatic carbocycles. The lowest BCUT2D eigenvalue weighted by Gasteiger charge is -2.26. The van der Waals surface area contributed by atoms with Crippen LogP contribution in [0.4, 0.5) is 10.1 Å². The summed E-state index contributed by atoms with van der Waals surface area (Å²) in [6.07, 6.45) is 0.238. The molecule has 0 radical (unpaired) electrons. The van der Waals surface area contributed by atoms with E-state index in [1.807, 2.05) is 13.8 Å². The van der Waals surface area contributed by atoms with Gasteiger partial charge in [0.05, 0.1) is 18.9 Å². The first-order chi connectivity index (χ1) is 19.9. The highest BCUT2D eigenvalue weighted by atomic mass is 32.2. The van der Waals surface area contributed by atoms with E-state index >= 15 is 0 Å². The summed E-state index contributed by atoms with van der Waals surface area (Å²) in [5.74, 6) is -2.38. The number of nitrogens with zero attached hydrogens (tertiary/aromatic N) is 3. The molecule has 2 aromatic carbocycles. The molecule has 1 amide bonds. The van der Waals surface area contributed by atoms with Gasteiger partial charge in [0.2, 0.25) is 21.8 Å². The summed E-state index contributed by atoms with van der Waals surface area (Å²) in [7, 11) is -4.19. The van der Waals surface area contributed by atoms with Gasteiger partial charge in [-0.3, -0.25) is 9.69 Å². The van der Waals surface area contributed by atoms with Gasteiger partial charge in [0.15, 0.2) is 5.69 Å². The number of anilines is 1. The molecule has 3 N–H and O–H groups in total. The third kappa shape index (κ3) is 7.70. The minimum atomic E-state index is -4.19. The van der Waals surface area contributed by atoms with Crippen LogP contribution in [0.5, 0.6) is 11.6 Å². The molecule has 1 aromatic heterocycles. The van der Waals surface area contributed by atoms with Crippen molar-refractivity contribution in [3.63, 3.8) is 0 Å². The summed E-state index contributed by atoms with van der Waals surface area (Å²) in [6.45, 7) is 8.30. The SMILES string of the molecule is Cc1c(C(=O)O)nn(-c2cccc(F)c2)c1Oc1ccc(NC(=O)CC(C)C)cc1S(=O)(=O)NCCN1CCOCC1. The lowest BCUT2D eigenvalue weighted by Crippen LogP contribution is -2.41. The Balaban J connectivity index is 1.72. The van der Waals surface area contributed by atoms with E-state index in [4.69, 9.17) is 9.47 Å². The maximum absolute atomic E-state index is 14.0. The number of rotatable bonds is 12. The number of nitrogens with one attached hydrogen (secondary N) is 2. The van der Waals surface area contributed by atoms with E-state index in [-0.39, 0.29) is 63.9 Å². The van der Waals surface area contributed by atoms with Gasteiger partial charge in [-0.15, -0.1) is 0 Å². The largest absolute Gasteiger partial charge is 0.476 e. The van der Waals surface area contributed by atoms with E-state index in [1.165, 1.54) is 43.3 Å². The normalized spacial score (nSPS) is 14.2. The molecule has 42 heavy (non-hydrogen) atoms. The Morgan fingerprint density at radius 3 is 2.57 bits per heavy atom. The molecule has 0 spiro atoms. The van der Waals surface area contributed by atoms with Gasteiger partial charge in [-0.05, 0) is 49.2 Å². The highest BCUT2D eigenvalue weighted by Crippen LogP contribution is 2.35. The van der Waals surface area contributed by atoms with Crippen LogP contribution in [-0.4, -0.2) is 79.5 Å². The van der Waals surface area contributed by atoms with Crippen LogP contribution in [0, 0.1) is 18.7 Å². The van der Waals surface area contributed by atoms with Gasteiger partial charge in [0, 0.05) is 43.9 Å². The Morgan fingerprint density at radius 1 is 1.17 bits per heavy atom. The van der Waals surface area contributed by atoms with Gasteiger partial charge >= 0.3 is 5.97 Å². The van der Waals surface area contributed by atoms with E-state index < -0.39 is 21.8 Å². The van der Waals surface area contributed by atoms with Crippen LogP contribution >= 0.6 is 0 Å². The van der Waals surface area contributed by atoms with Crippen molar-refractivity contribution >= 4 is 27.6 Å². The van der Waals surface area contributed by atoms with Gasteiger partial charge in [-0.25, -0.2) is 22.3 Å². The molecule has 1 aliphatic rings. The fourth-order valence-electron chi connectivity index (χ4n) is 4.39. The third-order valence-corrected chi connectivity index (χ3v) is 7.95. The quantitative estimate of drug-likeness (QED) is 0.283. The molecule has 4 rings (SSSR count). The van der Waals surface area contributed by atoms with Crippen LogP contribution in [0.2, 0.25) is 0 Å². The van der Waals surface area contributed by atoms with E-state index in [0.29, 0.717) is 32.8 Å². The van der Waals surface area contributed by atoms with Crippen molar-refractivity contribution in [2.75, 3.05) is 44.7 Å². The molecule has 1 fully saturated rings.